The van der Waals surface area contributed by atoms with Crippen LogP contribution < -0.4 is 0 Å². The highest BCUT2D eigenvalue weighted by molar-refractivity contribution is 8.76. The van der Waals surface area contributed by atoms with E-state index < -0.39 is 5.79 Å². The first-order valence-electron chi connectivity index (χ1n) is 11.0. The first kappa shape index (κ1) is 19.1. The van der Waals surface area contributed by atoms with Crippen LogP contribution in [0.15, 0.2) is 23.3 Å². The van der Waals surface area contributed by atoms with Gasteiger partial charge in [0.15, 0.2) is 5.79 Å². The van der Waals surface area contributed by atoms with E-state index in [0.29, 0.717) is 10.8 Å². The van der Waals surface area contributed by atoms with Gasteiger partial charge in [0.2, 0.25) is 0 Å². The highest BCUT2D eigenvalue weighted by Crippen LogP contribution is 2.65. The van der Waals surface area contributed by atoms with Gasteiger partial charge in [0.05, 0.1) is 13.2 Å². The highest BCUT2D eigenvalue weighted by Gasteiger charge is 2.56. The number of hydrogen-bond donors (Lipinski definition) is 0. The molecule has 0 unspecified atom stereocenters. The van der Waals surface area contributed by atoms with Gasteiger partial charge in [-0.3, -0.25) is 0 Å². The van der Waals surface area contributed by atoms with Gasteiger partial charge in [-0.2, -0.15) is 0 Å². The minimum Gasteiger partial charge on any atom is -0.344 e. The summed E-state index contributed by atoms with van der Waals surface area (Å²) >= 11 is 0. The number of hydrogen-bond acceptors (Lipinski definition) is 4. The Bertz CT molecular complexity index is 651. The standard InChI is InChI=1S/C23H34O2S2/c1-21-8-3-4-19(21)18-6-5-17-16-23(24-13-14-25-23)11-10-22(17,12-15-27-26-2)20(18)7-9-21/h7,16,18-19H,3-6,8-15H2,1-2H3/t18-,19-,21-,22+/m0/s1. The maximum absolute atomic E-state index is 6.10. The lowest BCUT2D eigenvalue weighted by Crippen LogP contribution is -2.47. The summed E-state index contributed by atoms with van der Waals surface area (Å²) in [6, 6.07) is 0. The van der Waals surface area contributed by atoms with E-state index in [4.69, 9.17) is 9.47 Å². The summed E-state index contributed by atoms with van der Waals surface area (Å²) in [5.41, 5.74) is 4.37. The third-order valence-electron chi connectivity index (χ3n) is 8.52. The molecule has 1 spiro atoms. The maximum atomic E-state index is 6.10. The molecule has 2 saturated carbocycles. The van der Waals surface area contributed by atoms with Crippen molar-refractivity contribution in [1.82, 2.24) is 0 Å². The predicted octanol–water partition coefficient (Wildman–Crippen LogP) is 6.38. The molecule has 1 heterocycles. The molecule has 2 nitrogen and oxygen atoms in total. The van der Waals surface area contributed by atoms with Crippen LogP contribution in [0.3, 0.4) is 0 Å². The summed E-state index contributed by atoms with van der Waals surface area (Å²) in [5.74, 6) is 2.62. The minimum atomic E-state index is -0.393. The molecule has 0 aromatic heterocycles. The van der Waals surface area contributed by atoms with E-state index in [1.807, 2.05) is 27.2 Å². The SMILES string of the molecule is CSSCC[C@]12CCC3(C=C1CC[C@@H]1C2=CC[C@]2(C)CCC[C@@H]12)OCCO3. The highest BCUT2D eigenvalue weighted by atomic mass is 33.1. The molecule has 5 aliphatic rings. The molecule has 1 aliphatic heterocycles. The lowest BCUT2D eigenvalue weighted by molar-refractivity contribution is -0.133. The fourth-order valence-electron chi connectivity index (χ4n) is 7.22. The lowest BCUT2D eigenvalue weighted by atomic mass is 9.50. The van der Waals surface area contributed by atoms with Crippen molar-refractivity contribution >= 4 is 21.6 Å². The molecular weight excluding hydrogens is 372 g/mol. The van der Waals surface area contributed by atoms with Crippen LogP contribution in [-0.2, 0) is 9.47 Å². The van der Waals surface area contributed by atoms with Crippen molar-refractivity contribution < 1.29 is 9.47 Å². The summed E-state index contributed by atoms with van der Waals surface area (Å²) < 4.78 is 12.2. The Morgan fingerprint density at radius 3 is 2.81 bits per heavy atom. The first-order valence-corrected chi connectivity index (χ1v) is 13.7. The third kappa shape index (κ3) is 3.00. The van der Waals surface area contributed by atoms with Gasteiger partial charge in [0, 0.05) is 17.6 Å². The van der Waals surface area contributed by atoms with Crippen LogP contribution in [0.5, 0.6) is 0 Å². The van der Waals surface area contributed by atoms with Gasteiger partial charge in [-0.05, 0) is 74.5 Å². The molecule has 0 radical (unpaired) electrons. The van der Waals surface area contributed by atoms with Gasteiger partial charge in [0.1, 0.15) is 0 Å². The zero-order valence-corrected chi connectivity index (χ0v) is 18.6. The number of ether oxygens (including phenoxy) is 2. The normalized spacial score (nSPS) is 42.3. The zero-order valence-electron chi connectivity index (χ0n) is 16.9. The third-order valence-corrected chi connectivity index (χ3v) is 10.3. The van der Waals surface area contributed by atoms with Gasteiger partial charge in [-0.1, -0.05) is 52.2 Å². The Morgan fingerprint density at radius 2 is 2.00 bits per heavy atom. The molecule has 4 heteroatoms. The van der Waals surface area contributed by atoms with E-state index in [1.54, 1.807) is 5.57 Å². The second-order valence-corrected chi connectivity index (χ2v) is 12.3. The van der Waals surface area contributed by atoms with Crippen LogP contribution in [0.4, 0.5) is 0 Å². The van der Waals surface area contributed by atoms with Crippen molar-refractivity contribution in [3.63, 3.8) is 0 Å². The van der Waals surface area contributed by atoms with Gasteiger partial charge in [0.25, 0.3) is 0 Å². The second-order valence-electron chi connectivity index (χ2n) is 9.66. The molecule has 0 bridgehead atoms. The Balaban J connectivity index is 1.53. The Morgan fingerprint density at radius 1 is 1.15 bits per heavy atom. The van der Waals surface area contributed by atoms with Gasteiger partial charge >= 0.3 is 0 Å². The monoisotopic (exact) mass is 406 g/mol. The van der Waals surface area contributed by atoms with E-state index in [0.717, 1.165) is 31.5 Å². The van der Waals surface area contributed by atoms with Crippen LogP contribution in [0.25, 0.3) is 0 Å². The quantitative estimate of drug-likeness (QED) is 0.306. The van der Waals surface area contributed by atoms with E-state index >= 15 is 0 Å². The molecule has 4 atom stereocenters. The smallest absolute Gasteiger partial charge is 0.188 e. The van der Waals surface area contributed by atoms with Crippen LogP contribution in [0, 0.1) is 22.7 Å². The van der Waals surface area contributed by atoms with Gasteiger partial charge in [-0.15, -0.1) is 0 Å². The lowest BCUT2D eigenvalue weighted by Gasteiger charge is -2.55. The molecule has 0 amide bonds. The maximum Gasteiger partial charge on any atom is 0.188 e. The Labute approximate surface area is 172 Å². The van der Waals surface area contributed by atoms with E-state index in [1.165, 1.54) is 57.1 Å². The fourth-order valence-corrected chi connectivity index (χ4v) is 8.57. The molecule has 3 fully saturated rings. The fraction of sp³-hybridized carbons (Fsp3) is 0.826. The van der Waals surface area contributed by atoms with Crippen molar-refractivity contribution in [2.24, 2.45) is 22.7 Å². The number of allylic oxidation sites excluding steroid dienone is 3. The van der Waals surface area contributed by atoms with Crippen molar-refractivity contribution in [2.45, 2.75) is 70.5 Å². The molecule has 150 valence electrons. The molecule has 1 saturated heterocycles. The van der Waals surface area contributed by atoms with Gasteiger partial charge < -0.3 is 9.47 Å². The summed E-state index contributed by atoms with van der Waals surface area (Å²) in [7, 11) is 3.95. The average molecular weight is 407 g/mol. The molecular formula is C23H34O2S2. The van der Waals surface area contributed by atoms with Crippen LogP contribution >= 0.6 is 21.6 Å². The number of rotatable bonds is 4. The van der Waals surface area contributed by atoms with Crippen LogP contribution in [0.2, 0.25) is 0 Å². The van der Waals surface area contributed by atoms with E-state index in [2.05, 4.69) is 25.3 Å². The Kier molecular flexibility index (Phi) is 5.02. The number of fused-ring (bicyclic) bond motifs is 5. The molecule has 27 heavy (non-hydrogen) atoms. The topological polar surface area (TPSA) is 18.5 Å². The summed E-state index contributed by atoms with van der Waals surface area (Å²) in [4.78, 5) is 0. The molecule has 0 N–H and O–H groups in total. The van der Waals surface area contributed by atoms with Crippen molar-refractivity contribution in [1.29, 1.82) is 0 Å². The molecule has 5 rings (SSSR count). The summed E-state index contributed by atoms with van der Waals surface area (Å²) in [6.07, 6.45) is 19.2. The summed E-state index contributed by atoms with van der Waals surface area (Å²) in [6.45, 7) is 4.09. The zero-order chi connectivity index (χ0) is 18.5. The van der Waals surface area contributed by atoms with Crippen molar-refractivity contribution in [3.8, 4) is 0 Å². The van der Waals surface area contributed by atoms with E-state index in [9.17, 15) is 0 Å². The van der Waals surface area contributed by atoms with Crippen LogP contribution in [0.1, 0.15) is 64.7 Å². The summed E-state index contributed by atoms with van der Waals surface area (Å²) in [5, 5.41) is 0. The molecule has 4 aliphatic carbocycles. The largest absolute Gasteiger partial charge is 0.344 e. The van der Waals surface area contributed by atoms with Crippen LogP contribution in [-0.4, -0.2) is 31.0 Å². The minimum absolute atomic E-state index is 0.302. The average Bonchev–Trinajstić information content (AvgIpc) is 3.29. The Hall–Kier alpha value is 0.1000. The molecule has 0 aromatic carbocycles. The second kappa shape index (κ2) is 7.11. The first-order chi connectivity index (χ1) is 13.1. The molecule has 0 aromatic rings. The van der Waals surface area contributed by atoms with Gasteiger partial charge in [-0.25, -0.2) is 0 Å². The predicted molar refractivity (Wildman–Crippen MR) is 116 cm³/mol. The van der Waals surface area contributed by atoms with Crippen molar-refractivity contribution in [2.75, 3.05) is 25.2 Å². The van der Waals surface area contributed by atoms with E-state index in [-0.39, 0.29) is 0 Å². The van der Waals surface area contributed by atoms with Crippen molar-refractivity contribution in [3.05, 3.63) is 23.3 Å².